The molecule has 8 heteroatoms. The summed E-state index contributed by atoms with van der Waals surface area (Å²) in [4.78, 5) is 24.4. The lowest BCUT2D eigenvalue weighted by molar-refractivity contribution is -0.126. The van der Waals surface area contributed by atoms with Crippen molar-refractivity contribution in [2.45, 2.75) is 13.0 Å². The molecule has 0 atom stereocenters. The van der Waals surface area contributed by atoms with Crippen molar-refractivity contribution in [3.05, 3.63) is 106 Å². The van der Waals surface area contributed by atoms with Crippen LogP contribution >= 0.6 is 27.5 Å². The SMILES string of the molecule is O=C(CC(=O)Nc1ccc(Cl)cc1)NN=Cc1c(OCc2ccc(Br)cc2)ccc2ccccc12. The van der Waals surface area contributed by atoms with E-state index in [2.05, 4.69) is 31.8 Å². The Hall–Kier alpha value is -3.68. The van der Waals surface area contributed by atoms with E-state index in [4.69, 9.17) is 16.3 Å². The van der Waals surface area contributed by atoms with Gasteiger partial charge in [-0.05, 0) is 58.8 Å². The molecule has 4 aromatic carbocycles. The van der Waals surface area contributed by atoms with Crippen LogP contribution in [0, 0.1) is 0 Å². The van der Waals surface area contributed by atoms with E-state index in [0.717, 1.165) is 26.4 Å². The van der Waals surface area contributed by atoms with E-state index < -0.39 is 11.8 Å². The van der Waals surface area contributed by atoms with Crippen molar-refractivity contribution in [1.29, 1.82) is 0 Å². The Labute approximate surface area is 216 Å². The van der Waals surface area contributed by atoms with E-state index in [0.29, 0.717) is 23.1 Å². The first-order valence-electron chi connectivity index (χ1n) is 10.7. The Morgan fingerprint density at radius 2 is 1.66 bits per heavy atom. The van der Waals surface area contributed by atoms with Crippen LogP contribution in [0.5, 0.6) is 5.75 Å². The predicted octanol–water partition coefficient (Wildman–Crippen LogP) is 6.31. The third kappa shape index (κ3) is 6.91. The molecule has 4 rings (SSSR count). The molecule has 35 heavy (non-hydrogen) atoms. The minimum Gasteiger partial charge on any atom is -0.488 e. The van der Waals surface area contributed by atoms with Gasteiger partial charge in [-0.3, -0.25) is 9.59 Å². The summed E-state index contributed by atoms with van der Waals surface area (Å²) in [5, 5.41) is 9.23. The second-order valence-corrected chi connectivity index (χ2v) is 8.99. The highest BCUT2D eigenvalue weighted by atomic mass is 79.9. The van der Waals surface area contributed by atoms with Crippen LogP contribution in [0.15, 0.2) is 94.5 Å². The van der Waals surface area contributed by atoms with Crippen molar-refractivity contribution in [3.8, 4) is 5.75 Å². The normalized spacial score (nSPS) is 10.9. The second-order valence-electron chi connectivity index (χ2n) is 7.64. The largest absolute Gasteiger partial charge is 0.488 e. The van der Waals surface area contributed by atoms with Gasteiger partial charge in [0, 0.05) is 20.7 Å². The number of nitrogens with one attached hydrogen (secondary N) is 2. The van der Waals surface area contributed by atoms with Gasteiger partial charge in [0.1, 0.15) is 18.8 Å². The number of hydrazone groups is 1. The summed E-state index contributed by atoms with van der Waals surface area (Å²) >= 11 is 9.27. The number of carbonyl (C=O) groups is 2. The minimum atomic E-state index is -0.537. The Morgan fingerprint density at radius 3 is 2.43 bits per heavy atom. The summed E-state index contributed by atoms with van der Waals surface area (Å²) in [5.41, 5.74) is 4.72. The molecule has 0 heterocycles. The molecule has 6 nitrogen and oxygen atoms in total. The summed E-state index contributed by atoms with van der Waals surface area (Å²) in [6, 6.07) is 26.2. The lowest BCUT2D eigenvalue weighted by Crippen LogP contribution is -2.24. The summed E-state index contributed by atoms with van der Waals surface area (Å²) in [7, 11) is 0. The Kier molecular flexibility index (Phi) is 8.13. The van der Waals surface area contributed by atoms with Crippen LogP contribution in [-0.4, -0.2) is 18.0 Å². The first-order valence-corrected chi connectivity index (χ1v) is 11.9. The third-order valence-corrected chi connectivity index (χ3v) is 5.85. The highest BCUT2D eigenvalue weighted by molar-refractivity contribution is 9.10. The molecule has 176 valence electrons. The van der Waals surface area contributed by atoms with Crippen LogP contribution in [0.1, 0.15) is 17.5 Å². The molecule has 0 aliphatic carbocycles. The van der Waals surface area contributed by atoms with Gasteiger partial charge in [-0.2, -0.15) is 5.10 Å². The number of ether oxygens (including phenoxy) is 1. The van der Waals surface area contributed by atoms with Crippen LogP contribution < -0.4 is 15.5 Å². The van der Waals surface area contributed by atoms with E-state index in [1.54, 1.807) is 24.3 Å². The van der Waals surface area contributed by atoms with Gasteiger partial charge in [-0.1, -0.05) is 70.0 Å². The quantitative estimate of drug-likeness (QED) is 0.153. The Bertz CT molecular complexity index is 1370. The molecule has 2 amide bonds. The van der Waals surface area contributed by atoms with Crippen LogP contribution in [0.2, 0.25) is 5.02 Å². The molecule has 0 bridgehead atoms. The maximum Gasteiger partial charge on any atom is 0.249 e. The molecule has 0 spiro atoms. The number of rotatable bonds is 8. The topological polar surface area (TPSA) is 79.8 Å². The van der Waals surface area contributed by atoms with Crippen molar-refractivity contribution < 1.29 is 14.3 Å². The predicted molar refractivity (Wildman–Crippen MR) is 143 cm³/mol. The minimum absolute atomic E-state index is 0.373. The first-order chi connectivity index (χ1) is 17.0. The monoisotopic (exact) mass is 549 g/mol. The van der Waals surface area contributed by atoms with E-state index >= 15 is 0 Å². The fraction of sp³-hybridized carbons (Fsp3) is 0.0741. The molecule has 0 aromatic heterocycles. The van der Waals surface area contributed by atoms with Crippen molar-refractivity contribution in [3.63, 3.8) is 0 Å². The molecule has 0 aliphatic heterocycles. The zero-order chi connectivity index (χ0) is 24.6. The van der Waals surface area contributed by atoms with Crippen LogP contribution in [0.3, 0.4) is 0 Å². The van der Waals surface area contributed by atoms with Gasteiger partial charge in [-0.15, -0.1) is 0 Å². The third-order valence-electron chi connectivity index (χ3n) is 5.07. The van der Waals surface area contributed by atoms with Gasteiger partial charge in [0.25, 0.3) is 0 Å². The number of amides is 2. The van der Waals surface area contributed by atoms with Crippen LogP contribution in [-0.2, 0) is 16.2 Å². The summed E-state index contributed by atoms with van der Waals surface area (Å²) in [6.45, 7) is 0.379. The number of benzene rings is 4. The van der Waals surface area contributed by atoms with Gasteiger partial charge in [0.2, 0.25) is 11.8 Å². The zero-order valence-electron chi connectivity index (χ0n) is 18.5. The van der Waals surface area contributed by atoms with E-state index in [-0.39, 0.29) is 6.42 Å². The summed E-state index contributed by atoms with van der Waals surface area (Å²) in [6.07, 6.45) is 1.16. The first kappa shape index (κ1) is 24.4. The fourth-order valence-corrected chi connectivity index (χ4v) is 3.76. The van der Waals surface area contributed by atoms with Crippen molar-refractivity contribution in [1.82, 2.24) is 5.43 Å². The number of nitrogens with zero attached hydrogens (tertiary/aromatic N) is 1. The molecule has 0 aliphatic rings. The average Bonchev–Trinajstić information content (AvgIpc) is 2.85. The van der Waals surface area contributed by atoms with Crippen molar-refractivity contribution >= 4 is 62.0 Å². The van der Waals surface area contributed by atoms with Gasteiger partial charge in [-0.25, -0.2) is 5.43 Å². The number of anilines is 1. The second kappa shape index (κ2) is 11.6. The Morgan fingerprint density at radius 1 is 0.914 bits per heavy atom. The molecule has 0 fully saturated rings. The van der Waals surface area contributed by atoms with Gasteiger partial charge in [0.05, 0.1) is 6.21 Å². The number of carbonyl (C=O) groups excluding carboxylic acids is 2. The van der Waals surface area contributed by atoms with Gasteiger partial charge in [0.15, 0.2) is 0 Å². The van der Waals surface area contributed by atoms with Gasteiger partial charge < -0.3 is 10.1 Å². The van der Waals surface area contributed by atoms with E-state index in [1.807, 2.05) is 60.7 Å². The lowest BCUT2D eigenvalue weighted by atomic mass is 10.0. The number of hydrogen-bond acceptors (Lipinski definition) is 4. The molecular weight excluding hydrogens is 530 g/mol. The molecule has 0 saturated carbocycles. The van der Waals surface area contributed by atoms with E-state index in [9.17, 15) is 9.59 Å². The summed E-state index contributed by atoms with van der Waals surface area (Å²) < 4.78 is 7.07. The highest BCUT2D eigenvalue weighted by Crippen LogP contribution is 2.27. The molecular formula is C27H21BrClN3O3. The van der Waals surface area contributed by atoms with E-state index in [1.165, 1.54) is 6.21 Å². The summed E-state index contributed by atoms with van der Waals surface area (Å²) in [5.74, 6) is -0.362. The van der Waals surface area contributed by atoms with Crippen molar-refractivity contribution in [2.24, 2.45) is 5.10 Å². The molecule has 0 radical (unpaired) electrons. The fourth-order valence-electron chi connectivity index (χ4n) is 3.37. The molecule has 2 N–H and O–H groups in total. The molecule has 4 aromatic rings. The zero-order valence-corrected chi connectivity index (χ0v) is 20.8. The van der Waals surface area contributed by atoms with Crippen LogP contribution in [0.25, 0.3) is 10.8 Å². The standard InChI is InChI=1S/C27H21BrClN3O3/c28-20-8-5-18(6-9-20)17-35-25-14-7-19-3-1-2-4-23(19)24(25)16-30-32-27(34)15-26(33)31-22-12-10-21(29)11-13-22/h1-14,16H,15,17H2,(H,31,33)(H,32,34). The maximum atomic E-state index is 12.2. The number of halogens is 2. The Balaban J connectivity index is 1.43. The maximum absolute atomic E-state index is 12.2. The highest BCUT2D eigenvalue weighted by Gasteiger charge is 2.11. The van der Waals surface area contributed by atoms with Crippen LogP contribution in [0.4, 0.5) is 5.69 Å². The van der Waals surface area contributed by atoms with Gasteiger partial charge >= 0.3 is 0 Å². The number of hydrogen-bond donors (Lipinski definition) is 2. The average molecular weight is 551 g/mol. The van der Waals surface area contributed by atoms with Crippen molar-refractivity contribution in [2.75, 3.05) is 5.32 Å². The lowest BCUT2D eigenvalue weighted by Gasteiger charge is -2.12. The molecule has 0 unspecified atom stereocenters. The number of fused-ring (bicyclic) bond motifs is 1. The smallest absolute Gasteiger partial charge is 0.249 e. The molecule has 0 saturated heterocycles.